The Balaban J connectivity index is 0.00000280. The van der Waals surface area contributed by atoms with Crippen molar-refractivity contribution in [3.05, 3.63) is 57.8 Å². The maximum Gasteiger partial charge on any atom is 0.191 e. The molecule has 2 aromatic rings. The van der Waals surface area contributed by atoms with Gasteiger partial charge >= 0.3 is 0 Å². The quantitative estimate of drug-likeness (QED) is 0.335. The number of aliphatic imine (C=N–C) groups is 1. The van der Waals surface area contributed by atoms with Crippen LogP contribution >= 0.6 is 35.3 Å². The van der Waals surface area contributed by atoms with Crippen molar-refractivity contribution in [3.63, 3.8) is 0 Å². The Morgan fingerprint density at radius 3 is 2.57 bits per heavy atom. The Kier molecular flexibility index (Phi) is 10.3. The molecule has 1 aromatic heterocycles. The summed E-state index contributed by atoms with van der Waals surface area (Å²) in [6, 6.07) is 13.2. The van der Waals surface area contributed by atoms with Crippen molar-refractivity contribution in [2.24, 2.45) is 4.99 Å². The summed E-state index contributed by atoms with van der Waals surface area (Å²) in [4.78, 5) is 8.61. The maximum atomic E-state index is 5.54. The van der Waals surface area contributed by atoms with Gasteiger partial charge in [-0.1, -0.05) is 30.3 Å². The van der Waals surface area contributed by atoms with Gasteiger partial charge in [0.15, 0.2) is 5.96 Å². The average Bonchev–Trinajstić information content (AvgIpc) is 3.12. The molecule has 5 nitrogen and oxygen atoms in total. The lowest BCUT2D eigenvalue weighted by Crippen LogP contribution is -2.46. The van der Waals surface area contributed by atoms with Gasteiger partial charge in [0.2, 0.25) is 0 Å². The minimum absolute atomic E-state index is 0. The van der Waals surface area contributed by atoms with Gasteiger partial charge in [-0.15, -0.1) is 35.3 Å². The highest BCUT2D eigenvalue weighted by molar-refractivity contribution is 14.0. The second kappa shape index (κ2) is 12.4. The monoisotopic (exact) mass is 514 g/mol. The number of rotatable bonds is 7. The molecule has 0 saturated carbocycles. The zero-order valence-electron chi connectivity index (χ0n) is 16.7. The highest BCUT2D eigenvalue weighted by Crippen LogP contribution is 2.21. The minimum Gasteiger partial charge on any atom is -0.379 e. The fraction of sp³-hybridized carbons (Fsp3) is 0.476. The zero-order chi connectivity index (χ0) is 18.9. The molecular formula is C21H31IN4OS. The molecule has 1 atom stereocenters. The molecule has 1 saturated heterocycles. The van der Waals surface area contributed by atoms with E-state index >= 15 is 0 Å². The van der Waals surface area contributed by atoms with Crippen molar-refractivity contribution in [3.8, 4) is 0 Å². The first-order chi connectivity index (χ1) is 13.3. The maximum absolute atomic E-state index is 5.54. The average molecular weight is 514 g/mol. The molecule has 1 unspecified atom stereocenters. The van der Waals surface area contributed by atoms with Crippen LogP contribution < -0.4 is 10.6 Å². The Morgan fingerprint density at radius 1 is 1.18 bits per heavy atom. The van der Waals surface area contributed by atoms with Gasteiger partial charge in [0, 0.05) is 31.1 Å². The van der Waals surface area contributed by atoms with Gasteiger partial charge in [-0.2, -0.15) is 0 Å². The summed E-state index contributed by atoms with van der Waals surface area (Å²) in [5, 5.41) is 9.06. The van der Waals surface area contributed by atoms with Crippen LogP contribution in [0.25, 0.3) is 0 Å². The molecule has 0 radical (unpaired) electrons. The Bertz CT molecular complexity index is 716. The van der Waals surface area contributed by atoms with Crippen LogP contribution in [0.3, 0.4) is 0 Å². The second-order valence-electron chi connectivity index (χ2n) is 6.68. The lowest BCUT2D eigenvalue weighted by Gasteiger charge is -2.35. The molecule has 1 aromatic carbocycles. The predicted molar refractivity (Wildman–Crippen MR) is 129 cm³/mol. The molecule has 1 fully saturated rings. The molecule has 7 heteroatoms. The van der Waals surface area contributed by atoms with Crippen LogP contribution in [-0.2, 0) is 11.3 Å². The van der Waals surface area contributed by atoms with Crippen LogP contribution in [0.1, 0.15) is 29.0 Å². The van der Waals surface area contributed by atoms with Gasteiger partial charge in [0.1, 0.15) is 0 Å². The van der Waals surface area contributed by atoms with Gasteiger partial charge in [-0.25, -0.2) is 4.99 Å². The number of thiophene rings is 1. The Labute approximate surface area is 189 Å². The zero-order valence-corrected chi connectivity index (χ0v) is 19.8. The van der Waals surface area contributed by atoms with Gasteiger partial charge in [0.05, 0.1) is 25.8 Å². The van der Waals surface area contributed by atoms with Crippen molar-refractivity contribution >= 4 is 41.3 Å². The number of nitrogens with zero attached hydrogens (tertiary/aromatic N) is 2. The third-order valence-electron chi connectivity index (χ3n) is 4.83. The van der Waals surface area contributed by atoms with E-state index in [4.69, 9.17) is 9.73 Å². The second-order valence-corrected chi connectivity index (χ2v) is 7.68. The summed E-state index contributed by atoms with van der Waals surface area (Å²) >= 11 is 1.77. The number of morpholine rings is 1. The van der Waals surface area contributed by atoms with Crippen molar-refractivity contribution in [2.75, 3.05) is 39.4 Å². The molecule has 0 aliphatic carbocycles. The predicted octanol–water partition coefficient (Wildman–Crippen LogP) is 3.80. The van der Waals surface area contributed by atoms with Crippen LogP contribution in [0, 0.1) is 6.92 Å². The fourth-order valence-electron chi connectivity index (χ4n) is 3.27. The Morgan fingerprint density at radius 2 is 1.93 bits per heavy atom. The van der Waals surface area contributed by atoms with E-state index in [1.807, 2.05) is 0 Å². The first kappa shape index (κ1) is 23.1. The first-order valence-corrected chi connectivity index (χ1v) is 10.6. The first-order valence-electron chi connectivity index (χ1n) is 9.70. The van der Waals surface area contributed by atoms with E-state index in [1.54, 1.807) is 11.3 Å². The van der Waals surface area contributed by atoms with Gasteiger partial charge in [-0.05, 0) is 36.4 Å². The van der Waals surface area contributed by atoms with Crippen LogP contribution in [0.4, 0.5) is 0 Å². The van der Waals surface area contributed by atoms with Gasteiger partial charge in [0.25, 0.3) is 0 Å². The highest BCUT2D eigenvalue weighted by atomic mass is 127. The largest absolute Gasteiger partial charge is 0.379 e. The van der Waals surface area contributed by atoms with Gasteiger partial charge in [-0.3, -0.25) is 4.90 Å². The molecule has 1 aliphatic rings. The van der Waals surface area contributed by atoms with E-state index in [2.05, 4.69) is 71.2 Å². The summed E-state index contributed by atoms with van der Waals surface area (Å²) < 4.78 is 5.54. The van der Waals surface area contributed by atoms with Crippen LogP contribution in [0.5, 0.6) is 0 Å². The van der Waals surface area contributed by atoms with E-state index in [-0.39, 0.29) is 24.0 Å². The molecule has 0 amide bonds. The summed E-state index contributed by atoms with van der Waals surface area (Å²) in [6.07, 6.45) is 0. The summed E-state index contributed by atoms with van der Waals surface area (Å²) in [5.41, 5.74) is 2.65. The lowest BCUT2D eigenvalue weighted by atomic mass is 10.0. The Hall–Kier alpha value is -1.16. The summed E-state index contributed by atoms with van der Waals surface area (Å²) in [6.45, 7) is 10.2. The number of hydrogen-bond acceptors (Lipinski definition) is 4. The topological polar surface area (TPSA) is 48.9 Å². The molecule has 0 spiro atoms. The third kappa shape index (κ3) is 6.72. The normalized spacial score (nSPS) is 16.3. The van der Waals surface area contributed by atoms with E-state index in [0.29, 0.717) is 12.6 Å². The minimum atomic E-state index is 0. The van der Waals surface area contributed by atoms with Crippen molar-refractivity contribution in [1.29, 1.82) is 0 Å². The van der Waals surface area contributed by atoms with E-state index in [1.165, 1.54) is 16.0 Å². The van der Waals surface area contributed by atoms with E-state index in [9.17, 15) is 0 Å². The SMILES string of the molecule is CCNC(=NCc1sccc1C)NCC(c1ccccc1)N1CCOCC1.I. The molecule has 0 bridgehead atoms. The molecule has 1 aliphatic heterocycles. The highest BCUT2D eigenvalue weighted by Gasteiger charge is 2.22. The van der Waals surface area contributed by atoms with Crippen LogP contribution in [-0.4, -0.2) is 50.3 Å². The standard InChI is InChI=1S/C21H30N4OS.HI/c1-3-22-21(24-16-20-17(2)9-14-27-20)23-15-19(18-7-5-4-6-8-18)25-10-12-26-13-11-25;/h4-9,14,19H,3,10-13,15-16H2,1-2H3,(H2,22,23,24);1H. The van der Waals surface area contributed by atoms with Crippen molar-refractivity contribution in [1.82, 2.24) is 15.5 Å². The van der Waals surface area contributed by atoms with Crippen molar-refractivity contribution in [2.45, 2.75) is 26.4 Å². The molecule has 3 rings (SSSR count). The number of aryl methyl sites for hydroxylation is 1. The molecular weight excluding hydrogens is 483 g/mol. The third-order valence-corrected chi connectivity index (χ3v) is 5.83. The lowest BCUT2D eigenvalue weighted by molar-refractivity contribution is 0.0170. The van der Waals surface area contributed by atoms with E-state index < -0.39 is 0 Å². The molecule has 2 heterocycles. The number of guanidine groups is 1. The van der Waals surface area contributed by atoms with E-state index in [0.717, 1.165) is 45.4 Å². The molecule has 28 heavy (non-hydrogen) atoms. The number of halogens is 1. The molecule has 2 N–H and O–H groups in total. The summed E-state index contributed by atoms with van der Waals surface area (Å²) in [5.74, 6) is 0.875. The number of nitrogens with one attached hydrogen (secondary N) is 2. The number of benzene rings is 1. The van der Waals surface area contributed by atoms with Gasteiger partial charge < -0.3 is 15.4 Å². The molecule has 154 valence electrons. The number of ether oxygens (including phenoxy) is 1. The van der Waals surface area contributed by atoms with Crippen molar-refractivity contribution < 1.29 is 4.74 Å². The van der Waals surface area contributed by atoms with Crippen LogP contribution in [0.2, 0.25) is 0 Å². The van der Waals surface area contributed by atoms with Crippen LogP contribution in [0.15, 0.2) is 46.8 Å². The smallest absolute Gasteiger partial charge is 0.191 e. The fourth-order valence-corrected chi connectivity index (χ4v) is 4.10. The number of hydrogen-bond donors (Lipinski definition) is 2. The summed E-state index contributed by atoms with van der Waals surface area (Å²) in [7, 11) is 0.